The van der Waals surface area contributed by atoms with Crippen LogP contribution in [0.2, 0.25) is 0 Å². The van der Waals surface area contributed by atoms with Gasteiger partial charge in [-0.05, 0) is 38.8 Å². The van der Waals surface area contributed by atoms with Gasteiger partial charge in [-0.15, -0.1) is 0 Å². The monoisotopic (exact) mass is 270 g/mol. The van der Waals surface area contributed by atoms with Gasteiger partial charge in [-0.1, -0.05) is 27.7 Å². The summed E-state index contributed by atoms with van der Waals surface area (Å²) in [5.74, 6) is 0.620. The largest absolute Gasteiger partial charge is 0.381 e. The molecule has 1 saturated heterocycles. The van der Waals surface area contributed by atoms with Crippen LogP contribution in [0.15, 0.2) is 0 Å². The molecular formula is C16H34N2O. The van der Waals surface area contributed by atoms with E-state index in [9.17, 15) is 0 Å². The number of hydrogen-bond acceptors (Lipinski definition) is 3. The Hall–Kier alpha value is -0.120. The lowest BCUT2D eigenvalue weighted by Gasteiger charge is -2.40. The molecule has 1 fully saturated rings. The van der Waals surface area contributed by atoms with Gasteiger partial charge in [-0.25, -0.2) is 0 Å². The van der Waals surface area contributed by atoms with Gasteiger partial charge in [0.05, 0.1) is 6.61 Å². The second-order valence-electron chi connectivity index (χ2n) is 7.17. The van der Waals surface area contributed by atoms with Crippen LogP contribution in [-0.2, 0) is 4.74 Å². The Labute approximate surface area is 120 Å². The predicted octanol–water partition coefficient (Wildman–Crippen LogP) is 2.76. The second kappa shape index (κ2) is 7.61. The summed E-state index contributed by atoms with van der Waals surface area (Å²) >= 11 is 0. The van der Waals surface area contributed by atoms with Crippen molar-refractivity contribution in [1.29, 1.82) is 0 Å². The Bertz CT molecular complexity index is 250. The molecule has 1 heterocycles. The maximum absolute atomic E-state index is 5.69. The van der Waals surface area contributed by atoms with Crippen LogP contribution in [0.5, 0.6) is 0 Å². The zero-order valence-corrected chi connectivity index (χ0v) is 13.8. The average molecular weight is 270 g/mol. The molecule has 1 rings (SSSR count). The van der Waals surface area contributed by atoms with Crippen molar-refractivity contribution in [3.8, 4) is 0 Å². The highest BCUT2D eigenvalue weighted by Crippen LogP contribution is 2.25. The van der Waals surface area contributed by atoms with E-state index in [0.717, 1.165) is 32.7 Å². The maximum Gasteiger partial charge on any atom is 0.0521 e. The SMILES string of the molecule is CCCNC1CCOCC1CN(C)C(C)C(C)(C)C. The first kappa shape index (κ1) is 16.9. The van der Waals surface area contributed by atoms with Crippen molar-refractivity contribution in [3.63, 3.8) is 0 Å². The molecule has 1 N–H and O–H groups in total. The molecule has 3 atom stereocenters. The number of rotatable bonds is 6. The van der Waals surface area contributed by atoms with E-state index in [1.54, 1.807) is 0 Å². The summed E-state index contributed by atoms with van der Waals surface area (Å²) in [6, 6.07) is 1.21. The third-order valence-corrected chi connectivity index (χ3v) is 4.57. The van der Waals surface area contributed by atoms with E-state index < -0.39 is 0 Å². The molecule has 3 unspecified atom stereocenters. The summed E-state index contributed by atoms with van der Waals surface area (Å²) in [5.41, 5.74) is 0.330. The van der Waals surface area contributed by atoms with E-state index in [0.29, 0.717) is 23.4 Å². The normalized spacial score (nSPS) is 26.7. The van der Waals surface area contributed by atoms with Gasteiger partial charge < -0.3 is 15.0 Å². The van der Waals surface area contributed by atoms with Crippen molar-refractivity contribution in [2.75, 3.05) is 33.4 Å². The Morgan fingerprint density at radius 3 is 2.63 bits per heavy atom. The maximum atomic E-state index is 5.69. The summed E-state index contributed by atoms with van der Waals surface area (Å²) in [7, 11) is 2.25. The van der Waals surface area contributed by atoms with Crippen LogP contribution in [-0.4, -0.2) is 50.3 Å². The molecule has 114 valence electrons. The second-order valence-corrected chi connectivity index (χ2v) is 7.17. The summed E-state index contributed by atoms with van der Waals surface area (Å²) in [6.45, 7) is 15.6. The lowest BCUT2D eigenvalue weighted by Crippen LogP contribution is -2.50. The van der Waals surface area contributed by atoms with Crippen molar-refractivity contribution in [2.45, 2.75) is 59.5 Å². The first-order chi connectivity index (χ1) is 8.86. The lowest BCUT2D eigenvalue weighted by molar-refractivity contribution is 0.00746. The molecule has 0 aromatic heterocycles. The van der Waals surface area contributed by atoms with Gasteiger partial charge in [-0.3, -0.25) is 0 Å². The number of hydrogen-bond donors (Lipinski definition) is 1. The number of nitrogens with one attached hydrogen (secondary N) is 1. The summed E-state index contributed by atoms with van der Waals surface area (Å²) in [6.07, 6.45) is 2.36. The zero-order valence-electron chi connectivity index (χ0n) is 13.8. The van der Waals surface area contributed by atoms with Crippen LogP contribution in [0.25, 0.3) is 0 Å². The van der Waals surface area contributed by atoms with Crippen molar-refractivity contribution < 1.29 is 4.74 Å². The molecule has 0 radical (unpaired) electrons. The first-order valence-electron chi connectivity index (χ1n) is 7.87. The molecule has 19 heavy (non-hydrogen) atoms. The van der Waals surface area contributed by atoms with Gasteiger partial charge in [-0.2, -0.15) is 0 Å². The van der Waals surface area contributed by atoms with Gasteiger partial charge >= 0.3 is 0 Å². The number of ether oxygens (including phenoxy) is 1. The van der Waals surface area contributed by atoms with E-state index in [-0.39, 0.29) is 0 Å². The minimum absolute atomic E-state index is 0.330. The van der Waals surface area contributed by atoms with Gasteiger partial charge in [0.2, 0.25) is 0 Å². The van der Waals surface area contributed by atoms with Crippen LogP contribution in [0.3, 0.4) is 0 Å². The lowest BCUT2D eigenvalue weighted by atomic mass is 9.86. The van der Waals surface area contributed by atoms with Gasteiger partial charge in [0.1, 0.15) is 0 Å². The molecule has 1 aliphatic rings. The average Bonchev–Trinajstić information content (AvgIpc) is 2.35. The Kier molecular flexibility index (Phi) is 6.78. The van der Waals surface area contributed by atoms with Crippen molar-refractivity contribution in [2.24, 2.45) is 11.3 Å². The smallest absolute Gasteiger partial charge is 0.0521 e. The van der Waals surface area contributed by atoms with Crippen LogP contribution in [0, 0.1) is 11.3 Å². The molecule has 0 aliphatic carbocycles. The highest BCUT2D eigenvalue weighted by molar-refractivity contribution is 4.85. The van der Waals surface area contributed by atoms with E-state index in [2.05, 4.69) is 51.9 Å². The predicted molar refractivity (Wildman–Crippen MR) is 82.6 cm³/mol. The zero-order chi connectivity index (χ0) is 14.5. The summed E-state index contributed by atoms with van der Waals surface area (Å²) in [5, 5.41) is 3.70. The van der Waals surface area contributed by atoms with Crippen molar-refractivity contribution >= 4 is 0 Å². The molecule has 3 heteroatoms. The summed E-state index contributed by atoms with van der Waals surface area (Å²) in [4.78, 5) is 2.50. The molecule has 1 aliphatic heterocycles. The highest BCUT2D eigenvalue weighted by atomic mass is 16.5. The number of nitrogens with zero attached hydrogens (tertiary/aromatic N) is 1. The standard InChI is InChI=1S/C16H34N2O/c1-7-9-17-15-8-10-19-12-14(15)11-18(6)13(2)16(3,4)5/h13-15,17H,7-12H2,1-6H3. The molecule has 0 bridgehead atoms. The first-order valence-corrected chi connectivity index (χ1v) is 7.87. The van der Waals surface area contributed by atoms with Crippen molar-refractivity contribution in [1.82, 2.24) is 10.2 Å². The van der Waals surface area contributed by atoms with Gasteiger partial charge in [0, 0.05) is 31.2 Å². The van der Waals surface area contributed by atoms with E-state index >= 15 is 0 Å². The van der Waals surface area contributed by atoms with Crippen LogP contribution < -0.4 is 5.32 Å². The van der Waals surface area contributed by atoms with Crippen molar-refractivity contribution in [3.05, 3.63) is 0 Å². The molecule has 0 aromatic carbocycles. The van der Waals surface area contributed by atoms with Gasteiger partial charge in [0.15, 0.2) is 0 Å². The minimum Gasteiger partial charge on any atom is -0.381 e. The third-order valence-electron chi connectivity index (χ3n) is 4.57. The third kappa shape index (κ3) is 5.41. The minimum atomic E-state index is 0.330. The van der Waals surface area contributed by atoms with E-state index in [4.69, 9.17) is 4.74 Å². The fourth-order valence-corrected chi connectivity index (χ4v) is 2.76. The van der Waals surface area contributed by atoms with Crippen LogP contribution in [0.1, 0.15) is 47.5 Å². The Balaban J connectivity index is 2.51. The fraction of sp³-hybridized carbons (Fsp3) is 1.00. The molecule has 0 spiro atoms. The molecular weight excluding hydrogens is 236 g/mol. The quantitative estimate of drug-likeness (QED) is 0.803. The highest BCUT2D eigenvalue weighted by Gasteiger charge is 2.30. The van der Waals surface area contributed by atoms with E-state index in [1.807, 2.05) is 0 Å². The van der Waals surface area contributed by atoms with E-state index in [1.165, 1.54) is 6.42 Å². The van der Waals surface area contributed by atoms with Crippen LogP contribution >= 0.6 is 0 Å². The fourth-order valence-electron chi connectivity index (χ4n) is 2.76. The molecule has 0 amide bonds. The molecule has 0 saturated carbocycles. The van der Waals surface area contributed by atoms with Crippen LogP contribution in [0.4, 0.5) is 0 Å². The summed E-state index contributed by atoms with van der Waals surface area (Å²) < 4.78 is 5.69. The molecule has 3 nitrogen and oxygen atoms in total. The molecule has 0 aromatic rings. The Morgan fingerprint density at radius 2 is 2.05 bits per heavy atom. The Morgan fingerprint density at radius 1 is 1.37 bits per heavy atom. The van der Waals surface area contributed by atoms with Gasteiger partial charge in [0.25, 0.3) is 0 Å². The topological polar surface area (TPSA) is 24.5 Å².